The number of hydrogen-bond donors (Lipinski definition) is 1. The molecule has 0 aromatic heterocycles. The van der Waals surface area contributed by atoms with Gasteiger partial charge in [0.05, 0.1) is 12.9 Å². The van der Waals surface area contributed by atoms with Crippen molar-refractivity contribution in [1.82, 2.24) is 15.1 Å². The zero-order valence-corrected chi connectivity index (χ0v) is 15.7. The first kappa shape index (κ1) is 20.7. The predicted octanol–water partition coefficient (Wildman–Crippen LogP) is -0.370. The van der Waals surface area contributed by atoms with E-state index in [1.54, 1.807) is 25.7 Å². The number of piperazine rings is 1. The Labute approximate surface area is 143 Å². The molecule has 0 unspecified atom stereocenters. The van der Waals surface area contributed by atoms with Gasteiger partial charge in [-0.2, -0.15) is 8.42 Å². The van der Waals surface area contributed by atoms with Crippen molar-refractivity contribution in [1.29, 1.82) is 0 Å². The molecule has 1 aliphatic rings. The van der Waals surface area contributed by atoms with Gasteiger partial charge in [-0.25, -0.2) is 4.79 Å². The number of carbonyl (C=O) groups excluding carboxylic acids is 2. The van der Waals surface area contributed by atoms with Crippen LogP contribution >= 0.6 is 0 Å². The zero-order valence-electron chi connectivity index (χ0n) is 14.9. The highest BCUT2D eigenvalue weighted by atomic mass is 32.2. The van der Waals surface area contributed by atoms with Crippen LogP contribution in [0.15, 0.2) is 0 Å². The molecular formula is C14H27N3O6S. The van der Waals surface area contributed by atoms with Gasteiger partial charge in [0.2, 0.25) is 5.91 Å². The molecule has 0 spiro atoms. The Hall–Kier alpha value is -1.39. The quantitative estimate of drug-likeness (QED) is 0.663. The lowest BCUT2D eigenvalue weighted by atomic mass is 10.2. The Bertz CT molecular complexity index is 549. The average molecular weight is 365 g/mol. The summed E-state index contributed by atoms with van der Waals surface area (Å²) in [6.45, 7) is 7.02. The predicted molar refractivity (Wildman–Crippen MR) is 88.0 cm³/mol. The van der Waals surface area contributed by atoms with Crippen LogP contribution in [0, 0.1) is 0 Å². The summed E-state index contributed by atoms with van der Waals surface area (Å²) in [7, 11) is -1.78. The monoisotopic (exact) mass is 365 g/mol. The molecule has 0 aliphatic carbocycles. The lowest BCUT2D eigenvalue weighted by Crippen LogP contribution is -2.56. The minimum atomic E-state index is -3.73. The molecule has 1 atom stereocenters. The number of amides is 2. The first-order valence-corrected chi connectivity index (χ1v) is 9.50. The number of nitrogens with zero attached hydrogens (tertiary/aromatic N) is 2. The van der Waals surface area contributed by atoms with Gasteiger partial charge in [-0.1, -0.05) is 0 Å². The van der Waals surface area contributed by atoms with E-state index in [0.717, 1.165) is 6.26 Å². The summed E-state index contributed by atoms with van der Waals surface area (Å²) in [5, 5.41) is 2.40. The minimum absolute atomic E-state index is 0.391. The molecular weight excluding hydrogens is 338 g/mol. The van der Waals surface area contributed by atoms with E-state index >= 15 is 0 Å². The van der Waals surface area contributed by atoms with Crippen molar-refractivity contribution in [2.75, 3.05) is 46.1 Å². The van der Waals surface area contributed by atoms with Crippen molar-refractivity contribution < 1.29 is 26.9 Å². The second kappa shape index (κ2) is 8.13. The fraction of sp³-hybridized carbons (Fsp3) is 0.857. The molecule has 1 saturated heterocycles. The van der Waals surface area contributed by atoms with Gasteiger partial charge in [0, 0.05) is 26.2 Å². The Morgan fingerprint density at radius 3 is 2.17 bits per heavy atom. The highest BCUT2D eigenvalue weighted by molar-refractivity contribution is 7.85. The summed E-state index contributed by atoms with van der Waals surface area (Å²) < 4.78 is 32.2. The van der Waals surface area contributed by atoms with Crippen LogP contribution in [-0.2, 0) is 23.8 Å². The molecule has 1 rings (SSSR count). The van der Waals surface area contributed by atoms with Crippen LogP contribution in [0.3, 0.4) is 0 Å². The molecule has 24 heavy (non-hydrogen) atoms. The second-order valence-corrected chi connectivity index (χ2v) is 8.46. The number of nitrogens with one attached hydrogen (secondary N) is 1. The van der Waals surface area contributed by atoms with Crippen LogP contribution in [0.25, 0.3) is 0 Å². The Balaban J connectivity index is 2.76. The Morgan fingerprint density at radius 1 is 1.17 bits per heavy atom. The molecule has 2 amide bonds. The fourth-order valence-corrected chi connectivity index (χ4v) is 2.45. The maximum atomic E-state index is 12.6. The number of likely N-dealkylation sites (N-methyl/N-ethyl adjacent to an activating group) is 1. The van der Waals surface area contributed by atoms with E-state index in [4.69, 9.17) is 8.92 Å². The van der Waals surface area contributed by atoms with Crippen molar-refractivity contribution >= 4 is 22.1 Å². The van der Waals surface area contributed by atoms with Gasteiger partial charge in [-0.05, 0) is 27.8 Å². The maximum Gasteiger partial charge on any atom is 0.408 e. The van der Waals surface area contributed by atoms with Crippen LogP contribution in [0.1, 0.15) is 20.8 Å². The molecule has 0 aromatic rings. The summed E-state index contributed by atoms with van der Waals surface area (Å²) in [6, 6.07) is -1.13. The van der Waals surface area contributed by atoms with E-state index in [-0.39, 0.29) is 0 Å². The Morgan fingerprint density at radius 2 is 1.71 bits per heavy atom. The number of hydrogen-bond acceptors (Lipinski definition) is 7. The normalized spacial score (nSPS) is 18.1. The maximum absolute atomic E-state index is 12.6. The highest BCUT2D eigenvalue weighted by Gasteiger charge is 2.30. The zero-order chi connectivity index (χ0) is 18.5. The number of alkyl carbamates (subject to hydrolysis) is 1. The van der Waals surface area contributed by atoms with Crippen LogP contribution in [0.5, 0.6) is 0 Å². The molecule has 1 N–H and O–H groups in total. The molecule has 140 valence electrons. The molecule has 0 bridgehead atoms. The van der Waals surface area contributed by atoms with Crippen molar-refractivity contribution in [3.8, 4) is 0 Å². The van der Waals surface area contributed by atoms with E-state index < -0.39 is 40.4 Å². The molecule has 1 aliphatic heterocycles. The lowest BCUT2D eigenvalue weighted by Gasteiger charge is -2.34. The van der Waals surface area contributed by atoms with E-state index in [2.05, 4.69) is 10.2 Å². The summed E-state index contributed by atoms with van der Waals surface area (Å²) in [6.07, 6.45) is 0.0878. The topological polar surface area (TPSA) is 105 Å². The molecule has 0 aromatic carbocycles. The highest BCUT2D eigenvalue weighted by Crippen LogP contribution is 2.08. The summed E-state index contributed by atoms with van der Waals surface area (Å²) in [4.78, 5) is 28.2. The SMILES string of the molecule is CN1CCN(C(=O)[C@@H](COS(C)(=O)=O)NC(=O)OC(C)(C)C)CC1. The van der Waals surface area contributed by atoms with E-state index in [1.807, 2.05) is 7.05 Å². The van der Waals surface area contributed by atoms with E-state index in [0.29, 0.717) is 26.2 Å². The fourth-order valence-electron chi connectivity index (χ4n) is 2.06. The summed E-state index contributed by atoms with van der Waals surface area (Å²) in [5.74, 6) is -0.391. The van der Waals surface area contributed by atoms with Crippen LogP contribution < -0.4 is 5.32 Å². The standard InChI is InChI=1S/C14H27N3O6S/c1-14(2,3)23-13(19)15-11(10-22-24(5,20)21)12(18)17-8-6-16(4)7-9-17/h11H,6-10H2,1-5H3,(H,15,19)/t11-/m1/s1. The van der Waals surface area contributed by atoms with Gasteiger partial charge < -0.3 is 19.9 Å². The summed E-state index contributed by atoms with van der Waals surface area (Å²) in [5.41, 5.74) is -0.733. The number of rotatable bonds is 5. The molecule has 0 saturated carbocycles. The third kappa shape index (κ3) is 7.93. The molecule has 0 radical (unpaired) electrons. The van der Waals surface area contributed by atoms with Gasteiger partial charge in [0.25, 0.3) is 10.1 Å². The van der Waals surface area contributed by atoms with Crippen molar-refractivity contribution in [2.45, 2.75) is 32.4 Å². The van der Waals surface area contributed by atoms with Crippen LogP contribution in [-0.4, -0.2) is 88.0 Å². The third-order valence-corrected chi connectivity index (χ3v) is 3.82. The molecule has 9 nitrogen and oxygen atoms in total. The van der Waals surface area contributed by atoms with Crippen molar-refractivity contribution in [2.24, 2.45) is 0 Å². The largest absolute Gasteiger partial charge is 0.444 e. The van der Waals surface area contributed by atoms with Gasteiger partial charge in [-0.3, -0.25) is 8.98 Å². The van der Waals surface area contributed by atoms with Crippen molar-refractivity contribution in [3.63, 3.8) is 0 Å². The lowest BCUT2D eigenvalue weighted by molar-refractivity contribution is -0.135. The molecule has 10 heteroatoms. The Kier molecular flexibility index (Phi) is 6.99. The number of carbonyl (C=O) groups is 2. The van der Waals surface area contributed by atoms with E-state index in [9.17, 15) is 18.0 Å². The van der Waals surface area contributed by atoms with Crippen LogP contribution in [0.4, 0.5) is 4.79 Å². The first-order valence-electron chi connectivity index (χ1n) is 7.68. The first-order chi connectivity index (χ1) is 10.9. The van der Waals surface area contributed by atoms with Gasteiger partial charge in [-0.15, -0.1) is 0 Å². The molecule has 1 fully saturated rings. The second-order valence-electron chi connectivity index (χ2n) is 6.82. The van der Waals surface area contributed by atoms with Crippen LogP contribution in [0.2, 0.25) is 0 Å². The smallest absolute Gasteiger partial charge is 0.408 e. The number of ether oxygens (including phenoxy) is 1. The van der Waals surface area contributed by atoms with E-state index in [1.165, 1.54) is 0 Å². The minimum Gasteiger partial charge on any atom is -0.444 e. The third-order valence-electron chi connectivity index (χ3n) is 3.25. The molecule has 1 heterocycles. The average Bonchev–Trinajstić information content (AvgIpc) is 2.40. The van der Waals surface area contributed by atoms with Crippen molar-refractivity contribution in [3.05, 3.63) is 0 Å². The van der Waals surface area contributed by atoms with Gasteiger partial charge in [0.15, 0.2) is 0 Å². The van der Waals surface area contributed by atoms with Gasteiger partial charge >= 0.3 is 6.09 Å². The summed E-state index contributed by atoms with van der Waals surface area (Å²) >= 11 is 0. The van der Waals surface area contributed by atoms with Gasteiger partial charge in [0.1, 0.15) is 11.6 Å².